The molecule has 0 saturated carbocycles. The number of halogens is 1. The van der Waals surface area contributed by atoms with Crippen LogP contribution >= 0.6 is 0 Å². The van der Waals surface area contributed by atoms with Crippen molar-refractivity contribution in [1.82, 2.24) is 4.98 Å². The van der Waals surface area contributed by atoms with Crippen molar-refractivity contribution in [2.24, 2.45) is 0 Å². The smallest absolute Gasteiger partial charge is 0.236 e. The van der Waals surface area contributed by atoms with Gasteiger partial charge in [-0.3, -0.25) is 0 Å². The average Bonchev–Trinajstić information content (AvgIpc) is 2.81. The standard InChI is InChI=1S/C13H12FN3O2/c1-2-16-13-11(7-15)17-12(19-13)8-18-10-5-3-9(14)4-6-10/h3-6,16H,2,8H2,1H3. The van der Waals surface area contributed by atoms with Crippen LogP contribution in [0.5, 0.6) is 5.75 Å². The van der Waals surface area contributed by atoms with Gasteiger partial charge in [0.15, 0.2) is 6.61 Å². The summed E-state index contributed by atoms with van der Waals surface area (Å²) in [6.45, 7) is 2.59. The topological polar surface area (TPSA) is 71.1 Å². The number of nitrogens with one attached hydrogen (secondary N) is 1. The van der Waals surface area contributed by atoms with Gasteiger partial charge in [0.05, 0.1) is 0 Å². The largest absolute Gasteiger partial charge is 0.484 e. The first-order chi connectivity index (χ1) is 9.22. The fourth-order valence-electron chi connectivity index (χ4n) is 1.46. The van der Waals surface area contributed by atoms with E-state index in [4.69, 9.17) is 14.4 Å². The number of nitriles is 1. The summed E-state index contributed by atoms with van der Waals surface area (Å²) in [6, 6.07) is 7.55. The molecule has 0 unspecified atom stereocenters. The van der Waals surface area contributed by atoms with Crippen LogP contribution in [-0.4, -0.2) is 11.5 Å². The third-order valence-corrected chi connectivity index (χ3v) is 2.29. The molecule has 2 aromatic rings. The van der Waals surface area contributed by atoms with Crippen molar-refractivity contribution < 1.29 is 13.5 Å². The zero-order valence-electron chi connectivity index (χ0n) is 10.3. The van der Waals surface area contributed by atoms with E-state index in [0.717, 1.165) is 0 Å². The monoisotopic (exact) mass is 261 g/mol. The summed E-state index contributed by atoms with van der Waals surface area (Å²) >= 11 is 0. The SMILES string of the molecule is CCNc1oc(COc2ccc(F)cc2)nc1C#N. The number of anilines is 1. The van der Waals surface area contributed by atoms with E-state index in [1.165, 1.54) is 24.3 Å². The highest BCUT2D eigenvalue weighted by Crippen LogP contribution is 2.18. The minimum Gasteiger partial charge on any atom is -0.484 e. The van der Waals surface area contributed by atoms with Crippen LogP contribution in [0.15, 0.2) is 28.7 Å². The quantitative estimate of drug-likeness (QED) is 0.895. The number of ether oxygens (including phenoxy) is 1. The van der Waals surface area contributed by atoms with Gasteiger partial charge in [-0.15, -0.1) is 0 Å². The molecule has 1 aromatic carbocycles. The van der Waals surface area contributed by atoms with Crippen LogP contribution in [0, 0.1) is 17.1 Å². The predicted molar refractivity (Wildman–Crippen MR) is 66.1 cm³/mol. The van der Waals surface area contributed by atoms with Crippen molar-refractivity contribution in [3.8, 4) is 11.8 Å². The predicted octanol–water partition coefficient (Wildman–Crippen LogP) is 2.70. The van der Waals surface area contributed by atoms with Crippen molar-refractivity contribution >= 4 is 5.88 Å². The van der Waals surface area contributed by atoms with Gasteiger partial charge in [-0.1, -0.05) is 0 Å². The number of benzene rings is 1. The van der Waals surface area contributed by atoms with Gasteiger partial charge in [-0.25, -0.2) is 4.39 Å². The van der Waals surface area contributed by atoms with Crippen LogP contribution in [-0.2, 0) is 6.61 Å². The molecule has 0 saturated heterocycles. The van der Waals surface area contributed by atoms with Gasteiger partial charge >= 0.3 is 0 Å². The first kappa shape index (κ1) is 12.9. The van der Waals surface area contributed by atoms with Gasteiger partial charge < -0.3 is 14.5 Å². The third-order valence-electron chi connectivity index (χ3n) is 2.29. The third kappa shape index (κ3) is 3.22. The molecule has 6 heteroatoms. The van der Waals surface area contributed by atoms with Crippen LogP contribution in [0.1, 0.15) is 18.5 Å². The summed E-state index contributed by atoms with van der Waals surface area (Å²) < 4.78 is 23.4. The average molecular weight is 261 g/mol. The molecule has 19 heavy (non-hydrogen) atoms. The van der Waals surface area contributed by atoms with E-state index >= 15 is 0 Å². The number of oxazole rings is 1. The maximum Gasteiger partial charge on any atom is 0.236 e. The Morgan fingerprint density at radius 3 is 2.79 bits per heavy atom. The second kappa shape index (κ2) is 5.87. The van der Waals surface area contributed by atoms with Gasteiger partial charge in [0.1, 0.15) is 17.6 Å². The van der Waals surface area contributed by atoms with Crippen LogP contribution in [0.4, 0.5) is 10.3 Å². The summed E-state index contributed by atoms with van der Waals surface area (Å²) in [7, 11) is 0. The van der Waals surface area contributed by atoms with Crippen LogP contribution in [0.2, 0.25) is 0 Å². The molecule has 1 heterocycles. The molecular formula is C13H12FN3O2. The van der Waals surface area contributed by atoms with E-state index in [-0.39, 0.29) is 24.0 Å². The molecule has 1 N–H and O–H groups in total. The lowest BCUT2D eigenvalue weighted by atomic mass is 10.3. The number of rotatable bonds is 5. The van der Waals surface area contributed by atoms with E-state index < -0.39 is 0 Å². The molecular weight excluding hydrogens is 249 g/mol. The minimum atomic E-state index is -0.329. The summed E-state index contributed by atoms with van der Waals surface area (Å²) in [5, 5.41) is 11.8. The van der Waals surface area contributed by atoms with Gasteiger partial charge in [0, 0.05) is 6.54 Å². The maximum atomic E-state index is 12.7. The second-order valence-electron chi connectivity index (χ2n) is 3.67. The number of nitrogens with zero attached hydrogens (tertiary/aromatic N) is 2. The Kier molecular flexibility index (Phi) is 3.98. The maximum absolute atomic E-state index is 12.7. The van der Waals surface area contributed by atoms with Crippen molar-refractivity contribution in [1.29, 1.82) is 5.26 Å². The zero-order valence-corrected chi connectivity index (χ0v) is 10.3. The molecule has 0 aliphatic carbocycles. The Labute approximate surface area is 109 Å². The highest BCUT2D eigenvalue weighted by atomic mass is 19.1. The van der Waals surface area contributed by atoms with Crippen molar-refractivity contribution in [3.63, 3.8) is 0 Å². The fraction of sp³-hybridized carbons (Fsp3) is 0.231. The Balaban J connectivity index is 2.03. The molecule has 1 aromatic heterocycles. The highest BCUT2D eigenvalue weighted by Gasteiger charge is 2.12. The first-order valence-electron chi connectivity index (χ1n) is 5.75. The van der Waals surface area contributed by atoms with E-state index in [2.05, 4.69) is 10.3 Å². The molecule has 0 radical (unpaired) electrons. The Morgan fingerprint density at radius 1 is 1.42 bits per heavy atom. The van der Waals surface area contributed by atoms with E-state index in [9.17, 15) is 4.39 Å². The van der Waals surface area contributed by atoms with Crippen LogP contribution in [0.25, 0.3) is 0 Å². The lowest BCUT2D eigenvalue weighted by Crippen LogP contribution is -1.96. The van der Waals surface area contributed by atoms with E-state index in [0.29, 0.717) is 18.2 Å². The fourth-order valence-corrected chi connectivity index (χ4v) is 1.46. The summed E-state index contributed by atoms with van der Waals surface area (Å²) in [6.07, 6.45) is 0. The molecule has 98 valence electrons. The molecule has 0 fully saturated rings. The van der Waals surface area contributed by atoms with Gasteiger partial charge in [0.2, 0.25) is 17.5 Å². The zero-order chi connectivity index (χ0) is 13.7. The van der Waals surface area contributed by atoms with Crippen molar-refractivity contribution in [3.05, 3.63) is 41.7 Å². The Hall–Kier alpha value is -2.55. The van der Waals surface area contributed by atoms with Gasteiger partial charge in [-0.2, -0.15) is 10.2 Å². The van der Waals surface area contributed by atoms with Crippen LogP contribution in [0.3, 0.4) is 0 Å². The van der Waals surface area contributed by atoms with Crippen molar-refractivity contribution in [2.45, 2.75) is 13.5 Å². The van der Waals surface area contributed by atoms with Crippen LogP contribution < -0.4 is 10.1 Å². The summed E-state index contributed by atoms with van der Waals surface area (Å²) in [5.74, 6) is 0.798. The molecule has 0 aliphatic rings. The molecule has 0 atom stereocenters. The van der Waals surface area contributed by atoms with E-state index in [1.807, 2.05) is 13.0 Å². The number of aromatic nitrogens is 1. The lowest BCUT2D eigenvalue weighted by molar-refractivity contribution is 0.264. The highest BCUT2D eigenvalue weighted by molar-refractivity contribution is 5.45. The van der Waals surface area contributed by atoms with E-state index in [1.54, 1.807) is 0 Å². The molecule has 0 spiro atoms. The number of hydrogen-bond acceptors (Lipinski definition) is 5. The molecule has 0 amide bonds. The lowest BCUT2D eigenvalue weighted by Gasteiger charge is -2.02. The minimum absolute atomic E-state index is 0.0751. The molecule has 0 bridgehead atoms. The van der Waals surface area contributed by atoms with Crippen molar-refractivity contribution in [2.75, 3.05) is 11.9 Å². The summed E-state index contributed by atoms with van der Waals surface area (Å²) in [5.41, 5.74) is 0.194. The Bertz CT molecular complexity index is 587. The normalized spacial score (nSPS) is 9.95. The van der Waals surface area contributed by atoms with Gasteiger partial charge in [0.25, 0.3) is 0 Å². The summed E-state index contributed by atoms with van der Waals surface area (Å²) in [4.78, 5) is 3.99. The molecule has 0 aliphatic heterocycles. The first-order valence-corrected chi connectivity index (χ1v) is 5.75. The van der Waals surface area contributed by atoms with Gasteiger partial charge in [-0.05, 0) is 31.2 Å². The number of hydrogen-bond donors (Lipinski definition) is 1. The Morgan fingerprint density at radius 2 is 2.16 bits per heavy atom. The second-order valence-corrected chi connectivity index (χ2v) is 3.67. The molecule has 2 rings (SSSR count). The molecule has 5 nitrogen and oxygen atoms in total.